The van der Waals surface area contributed by atoms with Crippen molar-refractivity contribution < 1.29 is 18.0 Å². The standard InChI is InChI=1S/C30H33Cl4N3O4S/c1-4-6-17-35-30(39)26(5-2)36(18-22-23(31)9-7-10-24(22)32)28(38)19-37(27-12-8-11-25(33)29(27)34)42(40,41)21-15-13-20(3)14-16-21/h7-16,26H,4-6,17-19H2,1-3H3,(H,35,39). The van der Waals surface area contributed by atoms with Gasteiger partial charge in [-0.25, -0.2) is 8.42 Å². The van der Waals surface area contributed by atoms with Gasteiger partial charge in [0.1, 0.15) is 12.6 Å². The topological polar surface area (TPSA) is 86.8 Å². The minimum atomic E-state index is -4.31. The number of hydrogen-bond acceptors (Lipinski definition) is 4. The number of benzene rings is 3. The Labute approximate surface area is 267 Å². The van der Waals surface area contributed by atoms with E-state index in [1.165, 1.54) is 29.2 Å². The molecule has 7 nitrogen and oxygen atoms in total. The summed E-state index contributed by atoms with van der Waals surface area (Å²) in [6, 6.07) is 14.8. The lowest BCUT2D eigenvalue weighted by molar-refractivity contribution is -0.140. The third kappa shape index (κ3) is 8.11. The van der Waals surface area contributed by atoms with E-state index >= 15 is 0 Å². The molecular weight excluding hydrogens is 640 g/mol. The number of anilines is 1. The fourth-order valence-electron chi connectivity index (χ4n) is 4.32. The summed E-state index contributed by atoms with van der Waals surface area (Å²) in [6.45, 7) is 5.25. The molecule has 0 aliphatic rings. The van der Waals surface area contributed by atoms with Crippen molar-refractivity contribution in [3.63, 3.8) is 0 Å². The number of sulfonamides is 1. The maximum Gasteiger partial charge on any atom is 0.264 e. The molecule has 2 amide bonds. The minimum Gasteiger partial charge on any atom is -0.354 e. The van der Waals surface area contributed by atoms with Gasteiger partial charge in [0.05, 0.1) is 20.6 Å². The van der Waals surface area contributed by atoms with E-state index in [0.29, 0.717) is 22.2 Å². The van der Waals surface area contributed by atoms with Crippen LogP contribution in [0.15, 0.2) is 65.6 Å². The molecule has 0 radical (unpaired) electrons. The predicted octanol–water partition coefficient (Wildman–Crippen LogP) is 7.53. The van der Waals surface area contributed by atoms with Gasteiger partial charge in [-0.2, -0.15) is 0 Å². The number of carbonyl (C=O) groups excluding carboxylic acids is 2. The lowest BCUT2D eigenvalue weighted by Gasteiger charge is -2.33. The van der Waals surface area contributed by atoms with Crippen LogP contribution in [0.2, 0.25) is 20.1 Å². The largest absolute Gasteiger partial charge is 0.354 e. The van der Waals surface area contributed by atoms with E-state index in [-0.39, 0.29) is 39.5 Å². The quantitative estimate of drug-likeness (QED) is 0.190. The van der Waals surface area contributed by atoms with Gasteiger partial charge in [0.15, 0.2) is 0 Å². The summed E-state index contributed by atoms with van der Waals surface area (Å²) in [5.41, 5.74) is 1.32. The molecule has 42 heavy (non-hydrogen) atoms. The van der Waals surface area contributed by atoms with Gasteiger partial charge in [0, 0.05) is 28.7 Å². The first-order chi connectivity index (χ1) is 19.9. The van der Waals surface area contributed by atoms with E-state index in [9.17, 15) is 18.0 Å². The van der Waals surface area contributed by atoms with Gasteiger partial charge in [0.25, 0.3) is 10.0 Å². The highest BCUT2D eigenvalue weighted by molar-refractivity contribution is 7.92. The van der Waals surface area contributed by atoms with E-state index in [4.69, 9.17) is 46.4 Å². The number of nitrogens with one attached hydrogen (secondary N) is 1. The van der Waals surface area contributed by atoms with Crippen molar-refractivity contribution in [2.45, 2.75) is 57.5 Å². The van der Waals surface area contributed by atoms with Crippen molar-refractivity contribution in [1.82, 2.24) is 10.2 Å². The molecule has 3 rings (SSSR count). The smallest absolute Gasteiger partial charge is 0.264 e. The Morgan fingerprint density at radius 3 is 2.07 bits per heavy atom. The number of nitrogens with zero attached hydrogens (tertiary/aromatic N) is 2. The van der Waals surface area contributed by atoms with Gasteiger partial charge in [-0.05, 0) is 56.2 Å². The SMILES string of the molecule is CCCCNC(=O)C(CC)N(Cc1c(Cl)cccc1Cl)C(=O)CN(c1cccc(Cl)c1Cl)S(=O)(=O)c1ccc(C)cc1. The first-order valence-corrected chi connectivity index (χ1v) is 16.4. The molecule has 0 saturated carbocycles. The highest BCUT2D eigenvalue weighted by atomic mass is 35.5. The molecule has 12 heteroatoms. The Hall–Kier alpha value is -2.49. The summed E-state index contributed by atoms with van der Waals surface area (Å²) in [5, 5.41) is 3.58. The average molecular weight is 673 g/mol. The van der Waals surface area contributed by atoms with Crippen LogP contribution in [0.5, 0.6) is 0 Å². The molecule has 0 aliphatic heterocycles. The van der Waals surface area contributed by atoms with Crippen molar-refractivity contribution in [2.24, 2.45) is 0 Å². The van der Waals surface area contributed by atoms with Crippen LogP contribution >= 0.6 is 46.4 Å². The summed E-state index contributed by atoms with van der Waals surface area (Å²) in [4.78, 5) is 28.8. The Bertz CT molecular complexity index is 1500. The van der Waals surface area contributed by atoms with Gasteiger partial charge in [-0.1, -0.05) is 96.5 Å². The fourth-order valence-corrected chi connectivity index (χ4v) is 6.71. The van der Waals surface area contributed by atoms with Crippen molar-refractivity contribution in [1.29, 1.82) is 0 Å². The molecule has 3 aromatic rings. The zero-order valence-corrected chi connectivity index (χ0v) is 27.4. The van der Waals surface area contributed by atoms with Crippen LogP contribution in [0.1, 0.15) is 44.2 Å². The zero-order valence-electron chi connectivity index (χ0n) is 23.5. The lowest BCUT2D eigenvalue weighted by atomic mass is 10.1. The van der Waals surface area contributed by atoms with E-state index in [0.717, 1.165) is 22.7 Å². The van der Waals surface area contributed by atoms with Crippen LogP contribution in [-0.2, 0) is 26.2 Å². The van der Waals surface area contributed by atoms with Crippen molar-refractivity contribution in [3.8, 4) is 0 Å². The van der Waals surface area contributed by atoms with Gasteiger partial charge in [-0.15, -0.1) is 0 Å². The molecule has 0 saturated heterocycles. The van der Waals surface area contributed by atoms with Crippen LogP contribution < -0.4 is 9.62 Å². The summed E-state index contributed by atoms with van der Waals surface area (Å²) < 4.78 is 28.9. The van der Waals surface area contributed by atoms with E-state index in [1.807, 2.05) is 13.8 Å². The maximum absolute atomic E-state index is 14.2. The second kappa shape index (κ2) is 15.3. The fraction of sp³-hybridized carbons (Fsp3) is 0.333. The lowest BCUT2D eigenvalue weighted by Crippen LogP contribution is -2.52. The summed E-state index contributed by atoms with van der Waals surface area (Å²) in [5.74, 6) is -1.02. The van der Waals surface area contributed by atoms with E-state index in [2.05, 4.69) is 5.32 Å². The summed E-state index contributed by atoms with van der Waals surface area (Å²) >= 11 is 25.7. The van der Waals surface area contributed by atoms with E-state index < -0.39 is 28.5 Å². The molecule has 0 heterocycles. The Balaban J connectivity index is 2.12. The highest BCUT2D eigenvalue weighted by Gasteiger charge is 2.35. The number of amides is 2. The second-order valence-electron chi connectivity index (χ2n) is 9.69. The Morgan fingerprint density at radius 2 is 1.48 bits per heavy atom. The molecular formula is C30H33Cl4N3O4S. The molecule has 0 bridgehead atoms. The first kappa shape index (κ1) is 34.0. The molecule has 1 unspecified atom stereocenters. The molecule has 226 valence electrons. The first-order valence-electron chi connectivity index (χ1n) is 13.5. The van der Waals surface area contributed by atoms with Gasteiger partial charge < -0.3 is 10.2 Å². The Kier molecular flexibility index (Phi) is 12.4. The minimum absolute atomic E-state index is 0.0225. The summed E-state index contributed by atoms with van der Waals surface area (Å²) in [6.07, 6.45) is 1.90. The second-order valence-corrected chi connectivity index (χ2v) is 13.2. The number of carbonyl (C=O) groups is 2. The summed E-state index contributed by atoms with van der Waals surface area (Å²) in [7, 11) is -4.31. The van der Waals surface area contributed by atoms with Crippen LogP contribution in [0.25, 0.3) is 0 Å². The highest BCUT2D eigenvalue weighted by Crippen LogP contribution is 2.36. The number of aryl methyl sites for hydroxylation is 1. The van der Waals surface area contributed by atoms with Crippen LogP contribution in [0.4, 0.5) is 5.69 Å². The third-order valence-corrected chi connectivity index (χ3v) is 9.98. The third-order valence-electron chi connectivity index (χ3n) is 6.69. The molecule has 1 N–H and O–H groups in total. The number of rotatable bonds is 13. The number of halogens is 4. The van der Waals surface area contributed by atoms with Crippen LogP contribution in [-0.4, -0.2) is 44.3 Å². The van der Waals surface area contributed by atoms with Crippen molar-refractivity contribution >= 4 is 73.9 Å². The predicted molar refractivity (Wildman–Crippen MR) is 171 cm³/mol. The number of hydrogen-bond donors (Lipinski definition) is 1. The normalized spacial score (nSPS) is 12.1. The zero-order chi connectivity index (χ0) is 31.0. The molecule has 0 spiro atoms. The van der Waals surface area contributed by atoms with Crippen LogP contribution in [0, 0.1) is 6.92 Å². The maximum atomic E-state index is 14.2. The van der Waals surface area contributed by atoms with Crippen LogP contribution in [0.3, 0.4) is 0 Å². The van der Waals surface area contributed by atoms with Crippen molar-refractivity contribution in [2.75, 3.05) is 17.4 Å². The van der Waals surface area contributed by atoms with E-state index in [1.54, 1.807) is 43.3 Å². The number of unbranched alkanes of at least 4 members (excludes halogenated alkanes) is 1. The van der Waals surface area contributed by atoms with Gasteiger partial charge >= 0.3 is 0 Å². The molecule has 0 aliphatic carbocycles. The molecule has 0 fully saturated rings. The van der Waals surface area contributed by atoms with Gasteiger partial charge in [0.2, 0.25) is 11.8 Å². The molecule has 0 aromatic heterocycles. The molecule has 1 atom stereocenters. The molecule has 3 aromatic carbocycles. The Morgan fingerprint density at radius 1 is 0.881 bits per heavy atom. The van der Waals surface area contributed by atoms with Crippen molar-refractivity contribution in [3.05, 3.63) is 91.9 Å². The van der Waals surface area contributed by atoms with Gasteiger partial charge in [-0.3, -0.25) is 13.9 Å². The average Bonchev–Trinajstić information content (AvgIpc) is 2.95. The monoisotopic (exact) mass is 671 g/mol.